The number of amides is 1. The lowest BCUT2D eigenvalue weighted by Gasteiger charge is -2.04. The van der Waals surface area contributed by atoms with Gasteiger partial charge in [0, 0.05) is 11.8 Å². The molecule has 2 rings (SSSR count). The van der Waals surface area contributed by atoms with Crippen LogP contribution in [0.4, 0.5) is 4.39 Å². The molecule has 0 unspecified atom stereocenters. The van der Waals surface area contributed by atoms with E-state index in [1.807, 2.05) is 0 Å². The van der Waals surface area contributed by atoms with Gasteiger partial charge in [-0.25, -0.2) is 4.39 Å². The van der Waals surface area contributed by atoms with E-state index < -0.39 is 5.91 Å². The topological polar surface area (TPSA) is 71.8 Å². The third-order valence-electron chi connectivity index (χ3n) is 2.35. The van der Waals surface area contributed by atoms with Gasteiger partial charge in [0.05, 0.1) is 0 Å². The molecule has 82 valence electrons. The smallest absolute Gasteiger partial charge is 0.269 e. The monoisotopic (exact) mass is 219 g/mol. The van der Waals surface area contributed by atoms with Crippen LogP contribution in [-0.4, -0.2) is 16.1 Å². The van der Waals surface area contributed by atoms with E-state index >= 15 is 0 Å². The van der Waals surface area contributed by atoms with Gasteiger partial charge in [-0.05, 0) is 30.2 Å². The molecule has 2 aromatic rings. The lowest BCUT2D eigenvalue weighted by Crippen LogP contribution is -2.12. The summed E-state index contributed by atoms with van der Waals surface area (Å²) in [6.07, 6.45) is 1.57. The normalized spacial score (nSPS) is 10.4. The molecule has 0 aliphatic carbocycles. The van der Waals surface area contributed by atoms with Crippen LogP contribution in [0, 0.1) is 12.7 Å². The fourth-order valence-electron chi connectivity index (χ4n) is 1.61. The second-order valence-corrected chi connectivity index (χ2v) is 3.47. The van der Waals surface area contributed by atoms with Gasteiger partial charge in [0.25, 0.3) is 5.91 Å². The van der Waals surface area contributed by atoms with Gasteiger partial charge < -0.3 is 5.73 Å². The Morgan fingerprint density at radius 1 is 1.44 bits per heavy atom. The molecule has 0 spiro atoms. The Hall–Kier alpha value is -2.17. The first-order valence-electron chi connectivity index (χ1n) is 4.69. The van der Waals surface area contributed by atoms with E-state index in [9.17, 15) is 9.18 Å². The number of nitrogens with zero attached hydrogens (tertiary/aromatic N) is 1. The van der Waals surface area contributed by atoms with Crippen molar-refractivity contribution < 1.29 is 9.18 Å². The number of nitrogens with one attached hydrogen (secondary N) is 1. The zero-order chi connectivity index (χ0) is 11.7. The number of H-pyrrole nitrogens is 1. The van der Waals surface area contributed by atoms with Gasteiger partial charge in [-0.2, -0.15) is 5.10 Å². The number of primary amides is 1. The zero-order valence-electron chi connectivity index (χ0n) is 8.62. The number of hydrogen-bond acceptors (Lipinski definition) is 2. The van der Waals surface area contributed by atoms with E-state index in [0.29, 0.717) is 5.56 Å². The summed E-state index contributed by atoms with van der Waals surface area (Å²) >= 11 is 0. The third-order valence-corrected chi connectivity index (χ3v) is 2.35. The molecule has 0 saturated carbocycles. The van der Waals surface area contributed by atoms with Crippen LogP contribution in [0.3, 0.4) is 0 Å². The van der Waals surface area contributed by atoms with Gasteiger partial charge in [0.1, 0.15) is 5.82 Å². The van der Waals surface area contributed by atoms with E-state index in [0.717, 1.165) is 11.1 Å². The minimum atomic E-state index is -0.611. The van der Waals surface area contributed by atoms with Gasteiger partial charge in [0.2, 0.25) is 0 Å². The molecule has 1 aromatic carbocycles. The molecule has 0 bridgehead atoms. The largest absolute Gasteiger partial charge is 0.364 e. The molecule has 0 fully saturated rings. The molecule has 3 N–H and O–H groups in total. The zero-order valence-corrected chi connectivity index (χ0v) is 8.62. The number of aryl methyl sites for hydroxylation is 1. The number of nitrogens with two attached hydrogens (primary N) is 1. The predicted octanol–water partition coefficient (Wildman–Crippen LogP) is 1.62. The van der Waals surface area contributed by atoms with E-state index in [1.165, 1.54) is 12.1 Å². The highest BCUT2D eigenvalue weighted by Gasteiger charge is 2.14. The fourth-order valence-corrected chi connectivity index (χ4v) is 1.61. The average molecular weight is 219 g/mol. The lowest BCUT2D eigenvalue weighted by molar-refractivity contribution is 0.0996. The standard InChI is InChI=1S/C11H10FN3O/c1-6-4-7(12)2-3-8(6)9-5-14-15-10(9)11(13)16/h2-5H,1H3,(H2,13,16)(H,14,15). The molecule has 16 heavy (non-hydrogen) atoms. The Morgan fingerprint density at radius 2 is 2.19 bits per heavy atom. The Balaban J connectivity index is 2.59. The summed E-state index contributed by atoms with van der Waals surface area (Å²) in [5, 5.41) is 6.34. The van der Waals surface area contributed by atoms with E-state index in [1.54, 1.807) is 19.2 Å². The van der Waals surface area contributed by atoms with Gasteiger partial charge in [-0.3, -0.25) is 9.89 Å². The molecular weight excluding hydrogens is 209 g/mol. The van der Waals surface area contributed by atoms with Gasteiger partial charge >= 0.3 is 0 Å². The van der Waals surface area contributed by atoms with Crippen LogP contribution >= 0.6 is 0 Å². The SMILES string of the molecule is Cc1cc(F)ccc1-c1c[nH]nc1C(N)=O. The minimum Gasteiger partial charge on any atom is -0.364 e. The second kappa shape index (κ2) is 3.77. The Bertz CT molecular complexity index is 548. The van der Waals surface area contributed by atoms with Gasteiger partial charge in [-0.1, -0.05) is 6.07 Å². The van der Waals surface area contributed by atoms with Crippen LogP contribution in [0.5, 0.6) is 0 Å². The van der Waals surface area contributed by atoms with Gasteiger partial charge in [0.15, 0.2) is 5.69 Å². The number of carbonyl (C=O) groups is 1. The molecule has 0 radical (unpaired) electrons. The fraction of sp³-hybridized carbons (Fsp3) is 0.0909. The van der Waals surface area contributed by atoms with E-state index in [2.05, 4.69) is 10.2 Å². The molecule has 1 aromatic heterocycles. The Kier molecular flexibility index (Phi) is 2.44. The molecule has 5 heteroatoms. The predicted molar refractivity (Wildman–Crippen MR) is 57.2 cm³/mol. The number of benzene rings is 1. The minimum absolute atomic E-state index is 0.162. The summed E-state index contributed by atoms with van der Waals surface area (Å²) in [6.45, 7) is 1.76. The molecular formula is C11H10FN3O. The Morgan fingerprint density at radius 3 is 2.81 bits per heavy atom. The number of aromatic amines is 1. The van der Waals surface area contributed by atoms with Crippen molar-refractivity contribution in [1.29, 1.82) is 0 Å². The van der Waals surface area contributed by atoms with E-state index in [4.69, 9.17) is 5.73 Å². The molecule has 0 saturated heterocycles. The molecule has 1 amide bonds. The molecule has 0 atom stereocenters. The van der Waals surface area contributed by atoms with Crippen LogP contribution in [-0.2, 0) is 0 Å². The van der Waals surface area contributed by atoms with Crippen molar-refractivity contribution in [3.05, 3.63) is 41.5 Å². The van der Waals surface area contributed by atoms with Crippen molar-refractivity contribution in [2.75, 3.05) is 0 Å². The van der Waals surface area contributed by atoms with Crippen molar-refractivity contribution in [2.45, 2.75) is 6.92 Å². The summed E-state index contributed by atoms with van der Waals surface area (Å²) in [5.41, 5.74) is 7.40. The maximum absolute atomic E-state index is 12.9. The van der Waals surface area contributed by atoms with Crippen molar-refractivity contribution in [1.82, 2.24) is 10.2 Å². The molecule has 0 aliphatic heterocycles. The third kappa shape index (κ3) is 1.67. The molecule has 4 nitrogen and oxygen atoms in total. The summed E-state index contributed by atoms with van der Waals surface area (Å²) < 4.78 is 12.9. The van der Waals surface area contributed by atoms with Crippen molar-refractivity contribution in [3.8, 4) is 11.1 Å². The number of rotatable bonds is 2. The van der Waals surface area contributed by atoms with Crippen LogP contribution in [0.25, 0.3) is 11.1 Å². The number of hydrogen-bond donors (Lipinski definition) is 2. The first kappa shape index (κ1) is 10.4. The van der Waals surface area contributed by atoms with Crippen LogP contribution in [0.2, 0.25) is 0 Å². The highest BCUT2D eigenvalue weighted by molar-refractivity contribution is 5.98. The van der Waals surface area contributed by atoms with E-state index in [-0.39, 0.29) is 11.5 Å². The first-order valence-corrected chi connectivity index (χ1v) is 4.69. The first-order chi connectivity index (χ1) is 7.59. The maximum Gasteiger partial charge on any atom is 0.269 e. The van der Waals surface area contributed by atoms with Crippen LogP contribution < -0.4 is 5.73 Å². The quantitative estimate of drug-likeness (QED) is 0.805. The van der Waals surface area contributed by atoms with Crippen molar-refractivity contribution in [2.24, 2.45) is 5.73 Å². The Labute approximate surface area is 91.3 Å². The lowest BCUT2D eigenvalue weighted by atomic mass is 10.0. The number of carbonyl (C=O) groups excluding carboxylic acids is 1. The van der Waals surface area contributed by atoms with Gasteiger partial charge in [-0.15, -0.1) is 0 Å². The average Bonchev–Trinajstić information content (AvgIpc) is 2.66. The summed E-state index contributed by atoms with van der Waals surface area (Å²) in [6, 6.07) is 4.33. The maximum atomic E-state index is 12.9. The second-order valence-electron chi connectivity index (χ2n) is 3.47. The highest BCUT2D eigenvalue weighted by Crippen LogP contribution is 2.25. The summed E-state index contributed by atoms with van der Waals surface area (Å²) in [5.74, 6) is -0.926. The van der Waals surface area contributed by atoms with Crippen molar-refractivity contribution in [3.63, 3.8) is 0 Å². The van der Waals surface area contributed by atoms with Crippen LogP contribution in [0.15, 0.2) is 24.4 Å². The highest BCUT2D eigenvalue weighted by atomic mass is 19.1. The number of aromatic nitrogens is 2. The molecule has 0 aliphatic rings. The summed E-state index contributed by atoms with van der Waals surface area (Å²) in [4.78, 5) is 11.1. The van der Waals surface area contributed by atoms with Crippen LogP contribution in [0.1, 0.15) is 16.1 Å². The summed E-state index contributed by atoms with van der Waals surface area (Å²) in [7, 11) is 0. The number of halogens is 1. The van der Waals surface area contributed by atoms with Crippen molar-refractivity contribution >= 4 is 5.91 Å². The molecule has 1 heterocycles.